The van der Waals surface area contributed by atoms with Crippen LogP contribution in [0, 0.1) is 0 Å². The Balaban J connectivity index is 2.06. The summed E-state index contributed by atoms with van der Waals surface area (Å²) < 4.78 is 9.22. The fourth-order valence-electron chi connectivity index (χ4n) is 1.73. The number of pyridine rings is 1. The SMILES string of the molecule is COc1cc2nccn2cc1Sc1ccnn1C. The van der Waals surface area contributed by atoms with Crippen LogP contribution in [0.4, 0.5) is 0 Å². The van der Waals surface area contributed by atoms with Crippen LogP contribution in [0.5, 0.6) is 5.75 Å². The standard InChI is InChI=1S/C12H12N4OS/c1-15-12(3-4-14-15)18-10-8-16-6-5-13-11(16)7-9(10)17-2/h3-8H,1-2H3. The van der Waals surface area contributed by atoms with E-state index in [1.165, 1.54) is 0 Å². The summed E-state index contributed by atoms with van der Waals surface area (Å²) in [5, 5.41) is 5.22. The first kappa shape index (κ1) is 11.2. The van der Waals surface area contributed by atoms with E-state index in [1.807, 2.05) is 40.7 Å². The van der Waals surface area contributed by atoms with E-state index in [2.05, 4.69) is 10.1 Å². The minimum absolute atomic E-state index is 0.819. The molecule has 0 aliphatic carbocycles. The molecule has 0 amide bonds. The molecule has 0 aliphatic heterocycles. The Morgan fingerprint density at radius 3 is 2.94 bits per heavy atom. The van der Waals surface area contributed by atoms with E-state index in [1.54, 1.807) is 31.3 Å². The van der Waals surface area contributed by atoms with Gasteiger partial charge in [0.25, 0.3) is 0 Å². The average molecular weight is 260 g/mol. The zero-order chi connectivity index (χ0) is 12.5. The number of fused-ring (bicyclic) bond motifs is 1. The summed E-state index contributed by atoms with van der Waals surface area (Å²) in [5.74, 6) is 0.819. The maximum absolute atomic E-state index is 5.41. The number of ether oxygens (including phenoxy) is 1. The van der Waals surface area contributed by atoms with Crippen molar-refractivity contribution >= 4 is 17.4 Å². The van der Waals surface area contributed by atoms with Gasteiger partial charge in [0.15, 0.2) is 0 Å². The Morgan fingerprint density at radius 1 is 1.33 bits per heavy atom. The highest BCUT2D eigenvalue weighted by Crippen LogP contribution is 2.34. The number of aryl methyl sites for hydroxylation is 1. The monoisotopic (exact) mass is 260 g/mol. The summed E-state index contributed by atoms with van der Waals surface area (Å²) in [7, 11) is 3.59. The van der Waals surface area contributed by atoms with Crippen LogP contribution in [0.2, 0.25) is 0 Å². The summed E-state index contributed by atoms with van der Waals surface area (Å²) in [4.78, 5) is 5.27. The number of methoxy groups -OCH3 is 1. The zero-order valence-electron chi connectivity index (χ0n) is 10.1. The van der Waals surface area contributed by atoms with Crippen molar-refractivity contribution in [2.75, 3.05) is 7.11 Å². The quantitative estimate of drug-likeness (QED) is 0.724. The maximum atomic E-state index is 5.41. The summed E-state index contributed by atoms with van der Waals surface area (Å²) in [6.07, 6.45) is 7.48. The van der Waals surface area contributed by atoms with Crippen molar-refractivity contribution in [3.8, 4) is 5.75 Å². The molecule has 0 saturated carbocycles. The molecular weight excluding hydrogens is 248 g/mol. The fraction of sp³-hybridized carbons (Fsp3) is 0.167. The van der Waals surface area contributed by atoms with Crippen molar-refractivity contribution in [3.63, 3.8) is 0 Å². The molecule has 18 heavy (non-hydrogen) atoms. The van der Waals surface area contributed by atoms with Crippen molar-refractivity contribution in [2.24, 2.45) is 7.05 Å². The Labute approximate surface area is 108 Å². The molecule has 3 rings (SSSR count). The third kappa shape index (κ3) is 1.84. The van der Waals surface area contributed by atoms with E-state index in [9.17, 15) is 0 Å². The summed E-state index contributed by atoms with van der Waals surface area (Å²) >= 11 is 1.62. The van der Waals surface area contributed by atoms with Gasteiger partial charge in [-0.2, -0.15) is 5.10 Å². The first-order valence-corrected chi connectivity index (χ1v) is 6.26. The molecule has 0 spiro atoms. The van der Waals surface area contributed by atoms with Gasteiger partial charge in [0, 0.05) is 31.7 Å². The van der Waals surface area contributed by atoms with Gasteiger partial charge >= 0.3 is 0 Å². The summed E-state index contributed by atoms with van der Waals surface area (Å²) in [6, 6.07) is 3.90. The lowest BCUT2D eigenvalue weighted by atomic mass is 10.4. The van der Waals surface area contributed by atoms with E-state index in [0.717, 1.165) is 21.3 Å². The van der Waals surface area contributed by atoms with Crippen molar-refractivity contribution in [3.05, 3.63) is 36.9 Å². The van der Waals surface area contributed by atoms with Crippen LogP contribution < -0.4 is 4.74 Å². The Hall–Kier alpha value is -1.95. The van der Waals surface area contributed by atoms with Crippen LogP contribution in [0.15, 0.2) is 46.8 Å². The highest BCUT2D eigenvalue weighted by atomic mass is 32.2. The molecule has 0 aromatic carbocycles. The zero-order valence-corrected chi connectivity index (χ0v) is 10.9. The smallest absolute Gasteiger partial charge is 0.140 e. The van der Waals surface area contributed by atoms with Gasteiger partial charge in [-0.25, -0.2) is 4.98 Å². The topological polar surface area (TPSA) is 44.4 Å². The lowest BCUT2D eigenvalue weighted by Gasteiger charge is -2.08. The lowest BCUT2D eigenvalue weighted by molar-refractivity contribution is 0.404. The molecule has 3 heterocycles. The van der Waals surface area contributed by atoms with Crippen molar-refractivity contribution in [2.45, 2.75) is 9.92 Å². The molecule has 0 fully saturated rings. The molecule has 0 unspecified atom stereocenters. The minimum Gasteiger partial charge on any atom is -0.495 e. The van der Waals surface area contributed by atoms with Crippen LogP contribution in [-0.4, -0.2) is 26.3 Å². The molecule has 92 valence electrons. The molecule has 0 saturated heterocycles. The van der Waals surface area contributed by atoms with E-state index < -0.39 is 0 Å². The molecule has 0 radical (unpaired) electrons. The van der Waals surface area contributed by atoms with E-state index in [4.69, 9.17) is 4.74 Å². The van der Waals surface area contributed by atoms with Crippen LogP contribution in [0.1, 0.15) is 0 Å². The molecule has 6 heteroatoms. The van der Waals surface area contributed by atoms with Crippen LogP contribution >= 0.6 is 11.8 Å². The van der Waals surface area contributed by atoms with Gasteiger partial charge in [-0.15, -0.1) is 0 Å². The van der Waals surface area contributed by atoms with Crippen molar-refractivity contribution in [1.29, 1.82) is 0 Å². The molecule has 3 aromatic rings. The second-order valence-electron chi connectivity index (χ2n) is 3.79. The summed E-state index contributed by atoms with van der Waals surface area (Å²) in [6.45, 7) is 0. The Kier molecular flexibility index (Phi) is 2.71. The molecule has 0 N–H and O–H groups in total. The van der Waals surface area contributed by atoms with Gasteiger partial charge in [0.2, 0.25) is 0 Å². The van der Waals surface area contributed by atoms with Crippen LogP contribution in [0.25, 0.3) is 5.65 Å². The van der Waals surface area contributed by atoms with E-state index in [-0.39, 0.29) is 0 Å². The summed E-state index contributed by atoms with van der Waals surface area (Å²) in [5.41, 5.74) is 0.876. The molecule has 0 bridgehead atoms. The maximum Gasteiger partial charge on any atom is 0.140 e. The number of nitrogens with zero attached hydrogens (tertiary/aromatic N) is 4. The molecular formula is C12H12N4OS. The van der Waals surface area contributed by atoms with Crippen molar-refractivity contribution in [1.82, 2.24) is 19.2 Å². The first-order chi connectivity index (χ1) is 8.78. The predicted molar refractivity (Wildman–Crippen MR) is 69.1 cm³/mol. The highest BCUT2D eigenvalue weighted by molar-refractivity contribution is 7.99. The molecule has 0 aliphatic rings. The van der Waals surface area contributed by atoms with Gasteiger partial charge in [-0.1, -0.05) is 11.8 Å². The molecule has 3 aromatic heterocycles. The Bertz CT molecular complexity index is 688. The molecule has 5 nitrogen and oxygen atoms in total. The number of hydrogen-bond acceptors (Lipinski definition) is 4. The largest absolute Gasteiger partial charge is 0.495 e. The van der Waals surface area contributed by atoms with E-state index >= 15 is 0 Å². The van der Waals surface area contributed by atoms with Crippen molar-refractivity contribution < 1.29 is 4.74 Å². The number of rotatable bonds is 3. The first-order valence-electron chi connectivity index (χ1n) is 5.44. The van der Waals surface area contributed by atoms with Gasteiger partial charge in [-0.05, 0) is 6.07 Å². The predicted octanol–water partition coefficient (Wildman–Crippen LogP) is 2.23. The molecule has 0 atom stereocenters. The van der Waals surface area contributed by atoms with Crippen LogP contribution in [0.3, 0.4) is 0 Å². The second kappa shape index (κ2) is 4.38. The highest BCUT2D eigenvalue weighted by Gasteiger charge is 2.10. The van der Waals surface area contributed by atoms with E-state index in [0.29, 0.717) is 0 Å². The van der Waals surface area contributed by atoms with Gasteiger partial charge in [0.05, 0.1) is 23.2 Å². The van der Waals surface area contributed by atoms with Gasteiger partial charge in [-0.3, -0.25) is 4.68 Å². The number of aromatic nitrogens is 4. The third-order valence-electron chi connectivity index (χ3n) is 2.67. The number of hydrogen-bond donors (Lipinski definition) is 0. The minimum atomic E-state index is 0.819. The fourth-order valence-corrected chi connectivity index (χ4v) is 2.68. The van der Waals surface area contributed by atoms with Gasteiger partial charge in [0.1, 0.15) is 11.4 Å². The normalized spacial score (nSPS) is 11.0. The Morgan fingerprint density at radius 2 is 2.22 bits per heavy atom. The second-order valence-corrected chi connectivity index (χ2v) is 4.86. The lowest BCUT2D eigenvalue weighted by Crippen LogP contribution is -1.94. The van der Waals surface area contributed by atoms with Gasteiger partial charge < -0.3 is 9.14 Å². The third-order valence-corrected chi connectivity index (χ3v) is 3.80. The number of imidazole rings is 1. The average Bonchev–Trinajstić information content (AvgIpc) is 2.98. The van der Waals surface area contributed by atoms with Crippen LogP contribution in [-0.2, 0) is 7.05 Å².